The Morgan fingerprint density at radius 3 is 2.26 bits per heavy atom. The number of hydrogen-bond donors (Lipinski definition) is 0. The van der Waals surface area contributed by atoms with Crippen LogP contribution >= 0.6 is 0 Å². The van der Waals surface area contributed by atoms with Crippen LogP contribution in [-0.2, 0) is 16.2 Å². The number of halogens is 3. The number of nitrogens with zero attached hydrogens (tertiary/aromatic N) is 3. The van der Waals surface area contributed by atoms with Gasteiger partial charge in [-0.2, -0.15) is 17.5 Å². The van der Waals surface area contributed by atoms with Gasteiger partial charge < -0.3 is 4.90 Å². The highest BCUT2D eigenvalue weighted by atomic mass is 32.2. The minimum atomic E-state index is -4.64. The van der Waals surface area contributed by atoms with Crippen LogP contribution in [-0.4, -0.2) is 54.7 Å². The molecule has 0 spiro atoms. The highest BCUT2D eigenvalue weighted by molar-refractivity contribution is 7.89. The summed E-state index contributed by atoms with van der Waals surface area (Å²) in [6, 6.07) is 7.49. The van der Waals surface area contributed by atoms with Crippen LogP contribution in [0.5, 0.6) is 0 Å². The van der Waals surface area contributed by atoms with Crippen molar-refractivity contribution in [3.05, 3.63) is 59.9 Å². The lowest BCUT2D eigenvalue weighted by molar-refractivity contribution is -0.138. The summed E-state index contributed by atoms with van der Waals surface area (Å²) in [6.07, 6.45) is -1.96. The van der Waals surface area contributed by atoms with Gasteiger partial charge in [0.15, 0.2) is 0 Å². The molecule has 1 saturated heterocycles. The maximum Gasteiger partial charge on any atom is 0.417 e. The molecule has 2 aromatic rings. The van der Waals surface area contributed by atoms with E-state index in [1.54, 1.807) is 0 Å². The summed E-state index contributed by atoms with van der Waals surface area (Å²) in [6.45, 7) is 0.00331. The fourth-order valence-corrected chi connectivity index (χ4v) is 4.25. The smallest absolute Gasteiger partial charge is 0.336 e. The number of carbonyl (C=O) groups is 1. The average molecular weight is 399 g/mol. The summed E-state index contributed by atoms with van der Waals surface area (Å²) >= 11 is 0. The molecule has 0 bridgehead atoms. The minimum absolute atomic E-state index is 0.00283. The zero-order valence-corrected chi connectivity index (χ0v) is 14.9. The number of aromatic nitrogens is 1. The van der Waals surface area contributed by atoms with Crippen molar-refractivity contribution in [3.63, 3.8) is 0 Å². The molecular weight excluding hydrogens is 383 g/mol. The average Bonchev–Trinajstić information content (AvgIpc) is 2.67. The third kappa shape index (κ3) is 3.96. The first kappa shape index (κ1) is 19.3. The van der Waals surface area contributed by atoms with Crippen LogP contribution in [0.2, 0.25) is 0 Å². The second-order valence-corrected chi connectivity index (χ2v) is 7.87. The lowest BCUT2D eigenvalue weighted by atomic mass is 10.1. The van der Waals surface area contributed by atoms with Gasteiger partial charge in [-0.1, -0.05) is 12.1 Å². The van der Waals surface area contributed by atoms with E-state index in [2.05, 4.69) is 4.98 Å². The molecule has 1 amide bonds. The second-order valence-electron chi connectivity index (χ2n) is 5.93. The van der Waals surface area contributed by atoms with Crippen LogP contribution in [0, 0.1) is 0 Å². The number of carbonyl (C=O) groups excluding carboxylic acids is 1. The zero-order valence-electron chi connectivity index (χ0n) is 14.1. The third-order valence-electron chi connectivity index (χ3n) is 4.26. The molecule has 1 aliphatic heterocycles. The number of sulfonamides is 1. The van der Waals surface area contributed by atoms with Crippen LogP contribution in [0.4, 0.5) is 13.2 Å². The van der Waals surface area contributed by atoms with E-state index in [-0.39, 0.29) is 31.1 Å². The van der Waals surface area contributed by atoms with Gasteiger partial charge in [0.2, 0.25) is 10.0 Å². The van der Waals surface area contributed by atoms with E-state index in [1.807, 2.05) is 0 Å². The summed E-state index contributed by atoms with van der Waals surface area (Å²) in [7, 11) is -3.75. The molecular formula is C17H16F3N3O3S. The van der Waals surface area contributed by atoms with Gasteiger partial charge in [-0.3, -0.25) is 9.78 Å². The number of benzene rings is 1. The molecule has 0 aliphatic carbocycles. The molecule has 27 heavy (non-hydrogen) atoms. The van der Waals surface area contributed by atoms with Crippen molar-refractivity contribution in [2.45, 2.75) is 11.1 Å². The fourth-order valence-electron chi connectivity index (χ4n) is 2.87. The standard InChI is InChI=1S/C17H16F3N3O3S/c18-17(19,20)15-6-2-1-5-14(15)16(24)22-8-10-23(11-9-22)27(25,26)13-4-3-7-21-12-13/h1-7,12H,8-11H2. The summed E-state index contributed by atoms with van der Waals surface area (Å²) in [5, 5.41) is 0. The van der Waals surface area contributed by atoms with Crippen molar-refractivity contribution in [1.29, 1.82) is 0 Å². The Kier molecular flexibility index (Phi) is 5.20. The number of alkyl halides is 3. The molecule has 0 N–H and O–H groups in total. The molecule has 0 radical (unpaired) electrons. The van der Waals surface area contributed by atoms with Gasteiger partial charge in [-0.05, 0) is 24.3 Å². The van der Waals surface area contributed by atoms with Gasteiger partial charge in [0.05, 0.1) is 11.1 Å². The van der Waals surface area contributed by atoms with Crippen molar-refractivity contribution in [1.82, 2.24) is 14.2 Å². The topological polar surface area (TPSA) is 70.6 Å². The van der Waals surface area contributed by atoms with Crippen LogP contribution < -0.4 is 0 Å². The Labute approximate surface area is 154 Å². The SMILES string of the molecule is O=C(c1ccccc1C(F)(F)F)N1CCN(S(=O)(=O)c2cccnc2)CC1. The largest absolute Gasteiger partial charge is 0.417 e. The van der Waals surface area contributed by atoms with Crippen molar-refractivity contribution in [3.8, 4) is 0 Å². The van der Waals surface area contributed by atoms with E-state index in [1.165, 1.54) is 45.9 Å². The van der Waals surface area contributed by atoms with E-state index < -0.39 is 33.2 Å². The van der Waals surface area contributed by atoms with Crippen molar-refractivity contribution >= 4 is 15.9 Å². The molecule has 3 rings (SSSR count). The summed E-state index contributed by atoms with van der Waals surface area (Å²) in [5.41, 5.74) is -1.44. The molecule has 0 unspecified atom stereocenters. The molecule has 1 aliphatic rings. The van der Waals surface area contributed by atoms with Gasteiger partial charge >= 0.3 is 6.18 Å². The molecule has 144 valence electrons. The quantitative estimate of drug-likeness (QED) is 0.794. The van der Waals surface area contributed by atoms with E-state index in [0.717, 1.165) is 12.1 Å². The molecule has 0 saturated carbocycles. The van der Waals surface area contributed by atoms with Crippen molar-refractivity contribution in [2.24, 2.45) is 0 Å². The normalized spacial score (nSPS) is 16.3. The lowest BCUT2D eigenvalue weighted by Crippen LogP contribution is -2.50. The Morgan fingerprint density at radius 2 is 1.67 bits per heavy atom. The molecule has 6 nitrogen and oxygen atoms in total. The van der Waals surface area contributed by atoms with Gasteiger partial charge in [0.1, 0.15) is 4.90 Å². The molecule has 2 heterocycles. The van der Waals surface area contributed by atoms with Gasteiger partial charge in [0, 0.05) is 38.6 Å². The maximum atomic E-state index is 13.1. The first-order chi connectivity index (χ1) is 12.7. The van der Waals surface area contributed by atoms with Gasteiger partial charge in [0.25, 0.3) is 5.91 Å². The number of pyridine rings is 1. The molecule has 1 aromatic heterocycles. The van der Waals surface area contributed by atoms with Crippen LogP contribution in [0.15, 0.2) is 53.7 Å². The number of hydrogen-bond acceptors (Lipinski definition) is 4. The number of rotatable bonds is 3. The van der Waals surface area contributed by atoms with Gasteiger partial charge in [-0.25, -0.2) is 8.42 Å². The fraction of sp³-hybridized carbons (Fsp3) is 0.294. The minimum Gasteiger partial charge on any atom is -0.336 e. The maximum absolute atomic E-state index is 13.1. The highest BCUT2D eigenvalue weighted by Crippen LogP contribution is 2.32. The molecule has 0 atom stereocenters. The van der Waals surface area contributed by atoms with Crippen LogP contribution in [0.1, 0.15) is 15.9 Å². The zero-order chi connectivity index (χ0) is 19.7. The Balaban J connectivity index is 1.74. The monoisotopic (exact) mass is 399 g/mol. The van der Waals surface area contributed by atoms with Gasteiger partial charge in [-0.15, -0.1) is 0 Å². The number of amides is 1. The van der Waals surface area contributed by atoms with E-state index >= 15 is 0 Å². The van der Waals surface area contributed by atoms with E-state index in [4.69, 9.17) is 0 Å². The van der Waals surface area contributed by atoms with Crippen LogP contribution in [0.3, 0.4) is 0 Å². The van der Waals surface area contributed by atoms with E-state index in [9.17, 15) is 26.4 Å². The third-order valence-corrected chi connectivity index (χ3v) is 6.14. The second kappa shape index (κ2) is 7.28. The first-order valence-electron chi connectivity index (χ1n) is 8.07. The Hall–Kier alpha value is -2.46. The Bertz CT molecular complexity index is 925. The molecule has 10 heteroatoms. The Morgan fingerprint density at radius 1 is 1.00 bits per heavy atom. The lowest BCUT2D eigenvalue weighted by Gasteiger charge is -2.34. The predicted octanol–water partition coefficient (Wildman–Crippen LogP) is 2.25. The van der Waals surface area contributed by atoms with Crippen molar-refractivity contribution in [2.75, 3.05) is 26.2 Å². The summed E-state index contributed by atoms with van der Waals surface area (Å²) in [5.74, 6) is -0.763. The van der Waals surface area contributed by atoms with E-state index in [0.29, 0.717) is 0 Å². The highest BCUT2D eigenvalue weighted by Gasteiger charge is 2.37. The molecule has 1 aromatic carbocycles. The summed E-state index contributed by atoms with van der Waals surface area (Å²) in [4.78, 5) is 17.6. The first-order valence-corrected chi connectivity index (χ1v) is 9.51. The number of piperazine rings is 1. The van der Waals surface area contributed by atoms with Crippen molar-refractivity contribution < 1.29 is 26.4 Å². The predicted molar refractivity (Wildman–Crippen MR) is 90.3 cm³/mol. The van der Waals surface area contributed by atoms with Crippen LogP contribution in [0.25, 0.3) is 0 Å². The summed E-state index contributed by atoms with van der Waals surface area (Å²) < 4.78 is 65.7. The molecule has 1 fully saturated rings.